The van der Waals surface area contributed by atoms with Gasteiger partial charge in [0, 0.05) is 12.1 Å². The molecule has 126 valence electrons. The number of hydrogen-bond donors (Lipinski definition) is 2. The zero-order valence-electron chi connectivity index (χ0n) is 13.3. The number of hydrogen-bond acceptors (Lipinski definition) is 4. The van der Waals surface area contributed by atoms with E-state index in [2.05, 4.69) is 9.44 Å². The van der Waals surface area contributed by atoms with Crippen LogP contribution >= 0.6 is 0 Å². The van der Waals surface area contributed by atoms with Gasteiger partial charge in [-0.1, -0.05) is 0 Å². The summed E-state index contributed by atoms with van der Waals surface area (Å²) >= 11 is 0. The van der Waals surface area contributed by atoms with Crippen LogP contribution in [0.5, 0.6) is 0 Å². The molecule has 0 heterocycles. The fourth-order valence-electron chi connectivity index (χ4n) is 1.81. The number of rotatable bonds is 7. The van der Waals surface area contributed by atoms with Crippen LogP contribution in [-0.2, 0) is 20.0 Å². The molecule has 2 saturated carbocycles. The van der Waals surface area contributed by atoms with Gasteiger partial charge >= 0.3 is 0 Å². The third-order valence-corrected chi connectivity index (χ3v) is 6.82. The first kappa shape index (κ1) is 18.9. The van der Waals surface area contributed by atoms with Gasteiger partial charge in [0.05, 0.1) is 11.0 Å². The fraction of sp³-hybridized carbons (Fsp3) is 1.00. The zero-order valence-corrected chi connectivity index (χ0v) is 14.9. The van der Waals surface area contributed by atoms with Crippen LogP contribution in [0.1, 0.15) is 53.4 Å². The summed E-state index contributed by atoms with van der Waals surface area (Å²) in [5.41, 5.74) is 0. The topological polar surface area (TPSA) is 92.3 Å². The van der Waals surface area contributed by atoms with E-state index in [1.54, 1.807) is 0 Å². The van der Waals surface area contributed by atoms with Crippen LogP contribution in [0.3, 0.4) is 0 Å². The van der Waals surface area contributed by atoms with Crippen molar-refractivity contribution in [2.45, 2.75) is 70.7 Å². The maximum Gasteiger partial charge on any atom is 0.214 e. The second-order valence-corrected chi connectivity index (χ2v) is 10.3. The summed E-state index contributed by atoms with van der Waals surface area (Å²) in [5, 5.41) is -0.0881. The molecule has 0 aromatic heterocycles. The standard InChI is InChI=1S/C7H15NO2S.C6H13NO2S/c1-6(2)8-11(9,10)5-7-3-4-7;1-5(2)7-10(8,9)6-3-4-6/h6-8H,3-5H2,1-2H3;5-7H,3-4H2,1-2H3. The molecule has 8 heteroatoms. The summed E-state index contributed by atoms with van der Waals surface area (Å²) in [6.07, 6.45) is 3.84. The van der Waals surface area contributed by atoms with Crippen molar-refractivity contribution in [3.05, 3.63) is 0 Å². The summed E-state index contributed by atoms with van der Waals surface area (Å²) in [7, 11) is -5.90. The van der Waals surface area contributed by atoms with Crippen molar-refractivity contribution < 1.29 is 16.8 Å². The van der Waals surface area contributed by atoms with E-state index in [1.807, 2.05) is 27.7 Å². The van der Waals surface area contributed by atoms with Gasteiger partial charge in [0.25, 0.3) is 0 Å². The fourth-order valence-corrected chi connectivity index (χ4v) is 5.18. The van der Waals surface area contributed by atoms with E-state index in [1.165, 1.54) is 0 Å². The molecule has 0 aliphatic heterocycles. The third-order valence-electron chi connectivity index (χ3n) is 2.93. The Balaban J connectivity index is 0.000000211. The summed E-state index contributed by atoms with van der Waals surface area (Å²) in [4.78, 5) is 0. The smallest absolute Gasteiger partial charge is 0.213 e. The van der Waals surface area contributed by atoms with Crippen molar-refractivity contribution in [1.29, 1.82) is 0 Å². The predicted molar refractivity (Wildman–Crippen MR) is 85.0 cm³/mol. The lowest BCUT2D eigenvalue weighted by Gasteiger charge is -2.07. The summed E-state index contributed by atoms with van der Waals surface area (Å²) in [6.45, 7) is 7.34. The van der Waals surface area contributed by atoms with Crippen molar-refractivity contribution in [2.75, 3.05) is 5.75 Å². The SMILES string of the molecule is CC(C)NS(=O)(=O)C1CC1.CC(C)NS(=O)(=O)CC1CC1. The van der Waals surface area contributed by atoms with Crippen molar-refractivity contribution in [3.8, 4) is 0 Å². The lowest BCUT2D eigenvalue weighted by Crippen LogP contribution is -2.32. The van der Waals surface area contributed by atoms with Gasteiger partial charge in [-0.05, 0) is 59.3 Å². The molecule has 0 atom stereocenters. The lowest BCUT2D eigenvalue weighted by atomic mass is 10.4. The first-order chi connectivity index (χ1) is 9.52. The van der Waals surface area contributed by atoms with E-state index in [-0.39, 0.29) is 17.3 Å². The van der Waals surface area contributed by atoms with Crippen molar-refractivity contribution in [2.24, 2.45) is 5.92 Å². The van der Waals surface area contributed by atoms with Crippen LogP contribution in [-0.4, -0.2) is 39.9 Å². The first-order valence-corrected chi connectivity index (χ1v) is 10.7. The minimum absolute atomic E-state index is 0.0266. The van der Waals surface area contributed by atoms with Gasteiger partial charge in [0.15, 0.2) is 0 Å². The second kappa shape index (κ2) is 7.39. The molecule has 21 heavy (non-hydrogen) atoms. The summed E-state index contributed by atoms with van der Waals surface area (Å²) < 4.78 is 49.7. The molecule has 0 amide bonds. The average Bonchev–Trinajstić information content (AvgIpc) is 3.08. The number of nitrogens with one attached hydrogen (secondary N) is 2. The van der Waals surface area contributed by atoms with E-state index >= 15 is 0 Å². The average molecular weight is 341 g/mol. The highest BCUT2D eigenvalue weighted by Crippen LogP contribution is 2.30. The molecular weight excluding hydrogens is 312 g/mol. The molecule has 2 N–H and O–H groups in total. The van der Waals surface area contributed by atoms with Gasteiger partial charge in [-0.25, -0.2) is 26.3 Å². The predicted octanol–water partition coefficient (Wildman–Crippen LogP) is 1.20. The van der Waals surface area contributed by atoms with E-state index in [0.29, 0.717) is 11.7 Å². The quantitative estimate of drug-likeness (QED) is 0.728. The highest BCUT2D eigenvalue weighted by Gasteiger charge is 2.35. The van der Waals surface area contributed by atoms with E-state index in [4.69, 9.17) is 0 Å². The Morgan fingerprint density at radius 2 is 1.33 bits per heavy atom. The molecule has 0 saturated heterocycles. The maximum absolute atomic E-state index is 11.2. The molecule has 0 aromatic carbocycles. The normalized spacial score (nSPS) is 19.5. The molecule has 0 aromatic rings. The van der Waals surface area contributed by atoms with Crippen molar-refractivity contribution in [1.82, 2.24) is 9.44 Å². The van der Waals surface area contributed by atoms with Gasteiger partial charge in [-0.3, -0.25) is 0 Å². The first-order valence-electron chi connectivity index (χ1n) is 7.53. The zero-order chi connectivity index (χ0) is 16.3. The van der Waals surface area contributed by atoms with Crippen molar-refractivity contribution in [3.63, 3.8) is 0 Å². The van der Waals surface area contributed by atoms with Crippen LogP contribution in [0.25, 0.3) is 0 Å². The van der Waals surface area contributed by atoms with Gasteiger partial charge in [0.2, 0.25) is 20.0 Å². The molecule has 2 aliphatic rings. The minimum atomic E-state index is -2.97. The Labute approximate surface area is 129 Å². The molecule has 0 radical (unpaired) electrons. The van der Waals surface area contributed by atoms with Crippen LogP contribution in [0.2, 0.25) is 0 Å². The molecular formula is C13H28N2O4S2. The summed E-state index contributed by atoms with van der Waals surface area (Å²) in [5.74, 6) is 0.761. The van der Waals surface area contributed by atoms with Crippen LogP contribution in [0.15, 0.2) is 0 Å². The monoisotopic (exact) mass is 340 g/mol. The second-order valence-electron chi connectivity index (χ2n) is 6.51. The molecule has 6 nitrogen and oxygen atoms in total. The molecule has 2 rings (SSSR count). The molecule has 2 fully saturated rings. The highest BCUT2D eigenvalue weighted by molar-refractivity contribution is 7.90. The highest BCUT2D eigenvalue weighted by atomic mass is 32.2. The third kappa shape index (κ3) is 8.75. The molecule has 0 spiro atoms. The summed E-state index contributed by atoms with van der Waals surface area (Å²) in [6, 6.07) is 0.0596. The molecule has 0 bridgehead atoms. The maximum atomic E-state index is 11.2. The van der Waals surface area contributed by atoms with Crippen LogP contribution < -0.4 is 9.44 Å². The largest absolute Gasteiger partial charge is 0.214 e. The molecule has 0 unspecified atom stereocenters. The Morgan fingerprint density at radius 1 is 0.857 bits per heavy atom. The Kier molecular flexibility index (Phi) is 6.64. The Hall–Kier alpha value is -0.180. The van der Waals surface area contributed by atoms with E-state index < -0.39 is 20.0 Å². The number of sulfonamides is 2. The minimum Gasteiger partial charge on any atom is -0.213 e. The Morgan fingerprint density at radius 3 is 1.67 bits per heavy atom. The van der Waals surface area contributed by atoms with Gasteiger partial charge < -0.3 is 0 Å². The van der Waals surface area contributed by atoms with Gasteiger partial charge in [0.1, 0.15) is 0 Å². The van der Waals surface area contributed by atoms with Crippen LogP contribution in [0.4, 0.5) is 0 Å². The van der Waals surface area contributed by atoms with E-state index in [0.717, 1.165) is 25.7 Å². The van der Waals surface area contributed by atoms with E-state index in [9.17, 15) is 16.8 Å². The lowest BCUT2D eigenvalue weighted by molar-refractivity contribution is 0.565. The Bertz CT molecular complexity index is 508. The molecule has 2 aliphatic carbocycles. The van der Waals surface area contributed by atoms with Crippen molar-refractivity contribution >= 4 is 20.0 Å². The van der Waals surface area contributed by atoms with Gasteiger partial charge in [-0.15, -0.1) is 0 Å². The van der Waals surface area contributed by atoms with Gasteiger partial charge in [-0.2, -0.15) is 0 Å². The van der Waals surface area contributed by atoms with Crippen LogP contribution in [0, 0.1) is 5.92 Å².